The van der Waals surface area contributed by atoms with Gasteiger partial charge in [0.05, 0.1) is 0 Å². The second-order valence-electron chi connectivity index (χ2n) is 0.768. The van der Waals surface area contributed by atoms with Crippen LogP contribution < -0.4 is 29.6 Å². The fraction of sp³-hybridized carbons (Fsp3) is 0. The Hall–Kier alpha value is 0.840. The number of halogens is 1. The van der Waals surface area contributed by atoms with E-state index in [0.29, 0.717) is 0 Å². The van der Waals surface area contributed by atoms with Crippen LogP contribution in [0.1, 0.15) is 1.43 Å². The summed E-state index contributed by atoms with van der Waals surface area (Å²) in [6, 6.07) is 0. The maximum Gasteiger partial charge on any atom is 1.00 e. The Kier molecular flexibility index (Phi) is 3.33. The van der Waals surface area contributed by atoms with E-state index < -0.39 is 0 Å². The van der Waals surface area contributed by atoms with Crippen molar-refractivity contribution < 1.29 is 35.4 Å². The van der Waals surface area contributed by atoms with Crippen molar-refractivity contribution in [2.45, 2.75) is 0 Å². The third kappa shape index (κ3) is 1.53. The molecule has 1 heterocycles. The number of hydrogen-bond donors (Lipinski definition) is 0. The molecule has 1 aliphatic rings. The minimum absolute atomic E-state index is 0. The summed E-state index contributed by atoms with van der Waals surface area (Å²) in [6.45, 7) is 0. The fourth-order valence-corrected chi connectivity index (χ4v) is 0.393. The molecule has 0 spiro atoms. The SMILES string of the molecule is FC1=PC=C1.[H-].[Na+]. The summed E-state index contributed by atoms with van der Waals surface area (Å²) >= 11 is 0. The fourth-order valence-electron chi connectivity index (χ4n) is 0.131. The van der Waals surface area contributed by atoms with Crippen molar-refractivity contribution in [3.63, 3.8) is 0 Å². The summed E-state index contributed by atoms with van der Waals surface area (Å²) < 4.78 is 11.3. The first-order chi connectivity index (χ1) is 2.39. The first-order valence-corrected chi connectivity index (χ1v) is 2.26. The first kappa shape index (κ1) is 6.84. The van der Waals surface area contributed by atoms with Gasteiger partial charge in [0.2, 0.25) is 0 Å². The molecule has 0 N–H and O–H groups in total. The average molecular weight is 112 g/mol. The quantitative estimate of drug-likeness (QED) is 0.269. The van der Waals surface area contributed by atoms with Gasteiger partial charge in [-0.1, -0.05) is 0 Å². The largest absolute Gasteiger partial charge is 1.00 e. The van der Waals surface area contributed by atoms with Crippen LogP contribution in [0.5, 0.6) is 0 Å². The van der Waals surface area contributed by atoms with E-state index >= 15 is 0 Å². The third-order valence-electron chi connectivity index (χ3n) is 0.410. The van der Waals surface area contributed by atoms with Crippen molar-refractivity contribution in [3.8, 4) is 0 Å². The number of rotatable bonds is 0. The minimum atomic E-state index is -0.0231. The molecule has 3 heteroatoms. The molecular weight excluding hydrogens is 109 g/mol. The van der Waals surface area contributed by atoms with E-state index in [1.54, 1.807) is 5.82 Å². The minimum Gasteiger partial charge on any atom is -1.00 e. The van der Waals surface area contributed by atoms with Gasteiger partial charge in [0.1, 0.15) is 5.55 Å². The Morgan fingerprint density at radius 3 is 2.17 bits per heavy atom. The first-order valence-electron chi connectivity index (χ1n) is 1.29. The molecule has 0 saturated carbocycles. The van der Waals surface area contributed by atoms with Gasteiger partial charge in [-0.05, 0) is 20.1 Å². The molecule has 1 rings (SSSR count). The molecule has 28 valence electrons. The molecule has 0 unspecified atom stereocenters. The van der Waals surface area contributed by atoms with Crippen molar-refractivity contribution >= 4 is 13.8 Å². The van der Waals surface area contributed by atoms with Gasteiger partial charge in [-0.3, -0.25) is 0 Å². The van der Waals surface area contributed by atoms with Gasteiger partial charge < -0.3 is 1.43 Å². The second-order valence-corrected chi connectivity index (χ2v) is 1.75. The number of hydrogen-bond acceptors (Lipinski definition) is 0. The standard InChI is InChI=1S/C3H2FP.Na.H/c4-3-1-2-5-3;;/h1-2H;;/q;+1;-1. The molecule has 6 heavy (non-hydrogen) atoms. The topological polar surface area (TPSA) is 0 Å². The smallest absolute Gasteiger partial charge is 1.00 e. The zero-order chi connectivity index (χ0) is 3.70. The second kappa shape index (κ2) is 2.92. The van der Waals surface area contributed by atoms with Gasteiger partial charge in [-0.2, -0.15) is 0 Å². The molecular formula is C3H3FNaP. The molecule has 0 nitrogen and oxygen atoms in total. The van der Waals surface area contributed by atoms with E-state index in [2.05, 4.69) is 0 Å². The third-order valence-corrected chi connectivity index (χ3v) is 1.10. The zero-order valence-electron chi connectivity index (χ0n) is 4.48. The molecule has 0 atom stereocenters. The maximum absolute atomic E-state index is 11.3. The van der Waals surface area contributed by atoms with Gasteiger partial charge in [-0.25, -0.2) is 4.39 Å². The van der Waals surface area contributed by atoms with E-state index in [1.165, 1.54) is 6.08 Å². The van der Waals surface area contributed by atoms with Crippen LogP contribution in [0.2, 0.25) is 0 Å². The predicted molar refractivity (Wildman–Crippen MR) is 23.3 cm³/mol. The predicted octanol–water partition coefficient (Wildman–Crippen LogP) is -1.32. The van der Waals surface area contributed by atoms with Gasteiger partial charge in [0, 0.05) is 0 Å². The molecule has 0 bridgehead atoms. The summed E-state index contributed by atoms with van der Waals surface area (Å²) in [5.74, 6) is 1.76. The zero-order valence-corrected chi connectivity index (χ0v) is 6.37. The number of allylic oxidation sites excluding steroid dienone is 1. The summed E-state index contributed by atoms with van der Waals surface area (Å²) in [7, 11) is 0.747. The Bertz CT molecular complexity index is 101. The van der Waals surface area contributed by atoms with Crippen molar-refractivity contribution in [3.05, 3.63) is 11.9 Å². The van der Waals surface area contributed by atoms with Gasteiger partial charge >= 0.3 is 29.6 Å². The molecule has 0 aromatic carbocycles. The van der Waals surface area contributed by atoms with Gasteiger partial charge in [0.15, 0.2) is 0 Å². The van der Waals surface area contributed by atoms with E-state index in [9.17, 15) is 4.39 Å². The van der Waals surface area contributed by atoms with Crippen LogP contribution in [0.3, 0.4) is 0 Å². The van der Waals surface area contributed by atoms with Crippen molar-refractivity contribution in [2.24, 2.45) is 0 Å². The molecule has 1 aliphatic heterocycles. The van der Waals surface area contributed by atoms with E-state index in [4.69, 9.17) is 0 Å². The monoisotopic (exact) mass is 112 g/mol. The molecule has 0 aromatic heterocycles. The molecule has 0 aromatic rings. The normalized spacial score (nSPS) is 17.2. The maximum atomic E-state index is 11.3. The van der Waals surface area contributed by atoms with E-state index in [1.807, 2.05) is 0 Å². The van der Waals surface area contributed by atoms with E-state index in [0.717, 1.165) is 8.20 Å². The van der Waals surface area contributed by atoms with Crippen LogP contribution in [0.4, 0.5) is 4.39 Å². The van der Waals surface area contributed by atoms with Gasteiger partial charge in [-0.15, -0.1) is 0 Å². The summed E-state index contributed by atoms with van der Waals surface area (Å²) in [5.41, 5.74) is -0.0231. The Balaban J connectivity index is 0. The average Bonchev–Trinajstić information content (AvgIpc) is 1.30. The summed E-state index contributed by atoms with van der Waals surface area (Å²) in [6.07, 6.45) is 1.46. The van der Waals surface area contributed by atoms with Crippen molar-refractivity contribution in [1.82, 2.24) is 0 Å². The van der Waals surface area contributed by atoms with Gasteiger partial charge in [0.25, 0.3) is 0 Å². The molecule has 0 amide bonds. The van der Waals surface area contributed by atoms with Crippen LogP contribution >= 0.6 is 8.20 Å². The molecule has 0 aliphatic carbocycles. The van der Waals surface area contributed by atoms with Crippen LogP contribution in [-0.4, -0.2) is 5.55 Å². The summed E-state index contributed by atoms with van der Waals surface area (Å²) in [5, 5.41) is 0. The molecule has 0 fully saturated rings. The summed E-state index contributed by atoms with van der Waals surface area (Å²) in [4.78, 5) is 0. The van der Waals surface area contributed by atoms with E-state index in [-0.39, 0.29) is 36.5 Å². The van der Waals surface area contributed by atoms with Crippen LogP contribution in [0, 0.1) is 0 Å². The Labute approximate surface area is 61.0 Å². The van der Waals surface area contributed by atoms with Crippen molar-refractivity contribution in [2.75, 3.05) is 0 Å². The molecule has 0 saturated heterocycles. The molecule has 0 radical (unpaired) electrons. The Morgan fingerprint density at radius 1 is 1.83 bits per heavy atom. The van der Waals surface area contributed by atoms with Crippen molar-refractivity contribution in [1.29, 1.82) is 0 Å². The van der Waals surface area contributed by atoms with Crippen LogP contribution in [-0.2, 0) is 0 Å². The van der Waals surface area contributed by atoms with Crippen LogP contribution in [0.15, 0.2) is 11.9 Å². The van der Waals surface area contributed by atoms with Crippen LogP contribution in [0.25, 0.3) is 0 Å². The Morgan fingerprint density at radius 2 is 2.17 bits per heavy atom.